The average Bonchev–Trinajstić information content (AvgIpc) is 4.03. The third-order valence-electron chi connectivity index (χ3n) is 12.5. The van der Waals surface area contributed by atoms with Crippen molar-refractivity contribution in [1.29, 1.82) is 0 Å². The van der Waals surface area contributed by atoms with Crippen LogP contribution < -0.4 is 4.90 Å². The predicted octanol–water partition coefficient (Wildman–Crippen LogP) is 14.6. The van der Waals surface area contributed by atoms with Gasteiger partial charge in [-0.25, -0.2) is 0 Å². The Morgan fingerprint density at radius 2 is 1.05 bits per heavy atom. The van der Waals surface area contributed by atoms with Crippen molar-refractivity contribution < 1.29 is 8.83 Å². The molecule has 3 aromatic heterocycles. The highest BCUT2D eigenvalue weighted by Crippen LogP contribution is 2.50. The van der Waals surface area contributed by atoms with Crippen molar-refractivity contribution in [3.63, 3.8) is 0 Å². The normalized spacial score (nSPS) is 15.2. The molecule has 1 atom stereocenters. The fourth-order valence-corrected chi connectivity index (χ4v) is 9.92. The molecule has 0 saturated heterocycles. The highest BCUT2D eigenvalue weighted by atomic mass is 16.3. The molecule has 0 amide bonds. The zero-order chi connectivity index (χ0) is 37.9. The molecular formula is C54H34N2O2. The lowest BCUT2D eigenvalue weighted by atomic mass is 9.88. The first-order valence-corrected chi connectivity index (χ1v) is 20.0. The highest BCUT2D eigenvalue weighted by molar-refractivity contribution is 6.18. The van der Waals surface area contributed by atoms with Crippen LogP contribution in [0, 0.1) is 0 Å². The van der Waals surface area contributed by atoms with E-state index in [2.05, 4.69) is 198 Å². The van der Waals surface area contributed by atoms with Gasteiger partial charge in [-0.3, -0.25) is 0 Å². The van der Waals surface area contributed by atoms with Crippen LogP contribution in [0.15, 0.2) is 197 Å². The van der Waals surface area contributed by atoms with Gasteiger partial charge in [0.2, 0.25) is 0 Å². The molecule has 1 aliphatic heterocycles. The number of fused-ring (bicyclic) bond motifs is 12. The minimum Gasteiger partial charge on any atom is -0.455 e. The van der Waals surface area contributed by atoms with E-state index in [0.717, 1.165) is 72.7 Å². The van der Waals surface area contributed by atoms with Crippen molar-refractivity contribution in [3.8, 4) is 16.8 Å². The van der Waals surface area contributed by atoms with E-state index in [-0.39, 0.29) is 6.04 Å². The summed E-state index contributed by atoms with van der Waals surface area (Å²) in [7, 11) is 0. The molecule has 1 aliphatic carbocycles. The van der Waals surface area contributed by atoms with Gasteiger partial charge in [-0.15, -0.1) is 0 Å². The fourth-order valence-electron chi connectivity index (χ4n) is 9.92. The molecular weight excluding hydrogens is 709 g/mol. The van der Waals surface area contributed by atoms with Crippen molar-refractivity contribution >= 4 is 88.2 Å². The molecule has 272 valence electrons. The van der Waals surface area contributed by atoms with E-state index in [9.17, 15) is 0 Å². The Balaban J connectivity index is 0.921. The lowest BCUT2D eigenvalue weighted by Crippen LogP contribution is -2.27. The van der Waals surface area contributed by atoms with Gasteiger partial charge < -0.3 is 18.3 Å². The van der Waals surface area contributed by atoms with Crippen molar-refractivity contribution in [2.45, 2.75) is 12.5 Å². The summed E-state index contributed by atoms with van der Waals surface area (Å²) >= 11 is 0. The van der Waals surface area contributed by atoms with Gasteiger partial charge in [-0.2, -0.15) is 0 Å². The Morgan fingerprint density at radius 1 is 0.448 bits per heavy atom. The second-order valence-corrected chi connectivity index (χ2v) is 15.6. The Bertz CT molecular complexity index is 3540. The van der Waals surface area contributed by atoms with Crippen LogP contribution in [-0.4, -0.2) is 10.6 Å². The molecule has 11 aromatic rings. The van der Waals surface area contributed by atoms with E-state index in [1.54, 1.807) is 0 Å². The maximum absolute atomic E-state index is 6.85. The number of aromatic nitrogens is 1. The maximum atomic E-state index is 6.85. The second-order valence-electron chi connectivity index (χ2n) is 15.6. The number of hydrogen-bond donors (Lipinski definition) is 0. The molecule has 4 nitrogen and oxygen atoms in total. The SMILES string of the molecule is C1=C(c2cccc3c2oc2cc4c(cc23)oc2c(-c3ccc5c(c3)c3ccccc3n5-c3ccccc3)cccc24)C=C2c3ccccc3N(c3ccccc3)C2C1. The Labute approximate surface area is 333 Å². The number of furan rings is 2. The van der Waals surface area contributed by atoms with Crippen molar-refractivity contribution in [3.05, 3.63) is 199 Å². The summed E-state index contributed by atoms with van der Waals surface area (Å²) in [5.41, 5.74) is 16.7. The summed E-state index contributed by atoms with van der Waals surface area (Å²) < 4.78 is 16.0. The topological polar surface area (TPSA) is 34.5 Å². The van der Waals surface area contributed by atoms with Crippen LogP contribution in [0.2, 0.25) is 0 Å². The van der Waals surface area contributed by atoms with E-state index in [0.29, 0.717) is 0 Å². The molecule has 0 bridgehead atoms. The van der Waals surface area contributed by atoms with E-state index in [1.165, 1.54) is 49.9 Å². The zero-order valence-corrected chi connectivity index (χ0v) is 31.4. The van der Waals surface area contributed by atoms with Crippen molar-refractivity contribution in [2.24, 2.45) is 0 Å². The molecule has 8 aromatic carbocycles. The number of allylic oxidation sites excluding steroid dienone is 2. The van der Waals surface area contributed by atoms with Gasteiger partial charge in [-0.1, -0.05) is 121 Å². The quantitative estimate of drug-likeness (QED) is 0.180. The van der Waals surface area contributed by atoms with Crippen molar-refractivity contribution in [1.82, 2.24) is 4.57 Å². The van der Waals surface area contributed by atoms with Crippen LogP contribution in [0.4, 0.5) is 11.4 Å². The van der Waals surface area contributed by atoms with Crippen LogP contribution >= 0.6 is 0 Å². The summed E-state index contributed by atoms with van der Waals surface area (Å²) in [5, 5.41) is 6.73. The van der Waals surface area contributed by atoms with Gasteiger partial charge in [-0.05, 0) is 89.9 Å². The van der Waals surface area contributed by atoms with Gasteiger partial charge in [0.15, 0.2) is 0 Å². The predicted molar refractivity (Wildman–Crippen MR) is 240 cm³/mol. The third-order valence-corrected chi connectivity index (χ3v) is 12.5. The molecule has 0 N–H and O–H groups in total. The zero-order valence-electron chi connectivity index (χ0n) is 31.4. The average molecular weight is 743 g/mol. The molecule has 13 rings (SSSR count). The van der Waals surface area contributed by atoms with E-state index in [4.69, 9.17) is 8.83 Å². The Morgan fingerprint density at radius 3 is 1.83 bits per heavy atom. The molecule has 0 saturated carbocycles. The lowest BCUT2D eigenvalue weighted by Gasteiger charge is -2.29. The molecule has 0 fully saturated rings. The van der Waals surface area contributed by atoms with Crippen LogP contribution in [0.3, 0.4) is 0 Å². The largest absolute Gasteiger partial charge is 0.455 e. The van der Waals surface area contributed by atoms with Crippen LogP contribution in [0.25, 0.3) is 93.6 Å². The van der Waals surface area contributed by atoms with E-state index >= 15 is 0 Å². The summed E-state index contributed by atoms with van der Waals surface area (Å²) in [4.78, 5) is 2.49. The van der Waals surface area contributed by atoms with E-state index in [1.807, 2.05) is 0 Å². The second kappa shape index (κ2) is 12.0. The Hall–Kier alpha value is -7.56. The minimum atomic E-state index is 0.250. The molecule has 4 heteroatoms. The van der Waals surface area contributed by atoms with Gasteiger partial charge in [0.1, 0.15) is 22.3 Å². The molecule has 4 heterocycles. The summed E-state index contributed by atoms with van der Waals surface area (Å²) in [6.45, 7) is 0. The number of rotatable bonds is 4. The smallest absolute Gasteiger partial charge is 0.143 e. The van der Waals surface area contributed by atoms with E-state index < -0.39 is 0 Å². The molecule has 0 radical (unpaired) electrons. The van der Waals surface area contributed by atoms with Gasteiger partial charge in [0.25, 0.3) is 0 Å². The summed E-state index contributed by atoms with van der Waals surface area (Å²) in [6, 6.07) is 63.2. The van der Waals surface area contributed by atoms with Crippen LogP contribution in [0.5, 0.6) is 0 Å². The third kappa shape index (κ3) is 4.45. The summed E-state index contributed by atoms with van der Waals surface area (Å²) in [5.74, 6) is 0. The lowest BCUT2D eigenvalue weighted by molar-refractivity contribution is 0.664. The molecule has 58 heavy (non-hydrogen) atoms. The highest BCUT2D eigenvalue weighted by Gasteiger charge is 2.36. The van der Waals surface area contributed by atoms with Crippen LogP contribution in [-0.2, 0) is 0 Å². The number of anilines is 2. The standard InChI is InChI=1S/C54H34N2O2/c1-3-13-35(14-4-1)55-47-23-9-7-17-39(47)43-29-33(25-27-49(43)55)37-19-11-21-41-45-31-52-46(32-51(45)57-53(37)41)42-22-12-20-38(54(42)58-52)34-26-28-50-44(30-34)40-18-8-10-24-48(40)56(50)36-15-5-2-6-16-36/h1-27,29-32,50H,28H2. The molecule has 0 spiro atoms. The number of para-hydroxylation sites is 6. The van der Waals surface area contributed by atoms with Gasteiger partial charge >= 0.3 is 0 Å². The Kier molecular flexibility index (Phi) is 6.53. The fraction of sp³-hybridized carbons (Fsp3) is 0.0370. The minimum absolute atomic E-state index is 0.250. The number of nitrogens with zero attached hydrogens (tertiary/aromatic N) is 2. The first-order valence-electron chi connectivity index (χ1n) is 20.0. The number of benzene rings is 8. The summed E-state index contributed by atoms with van der Waals surface area (Å²) in [6.07, 6.45) is 5.68. The first-order chi connectivity index (χ1) is 28.8. The van der Waals surface area contributed by atoms with Crippen molar-refractivity contribution in [2.75, 3.05) is 4.90 Å². The monoisotopic (exact) mass is 742 g/mol. The molecule has 2 aliphatic rings. The first kappa shape index (κ1) is 31.6. The van der Waals surface area contributed by atoms with Gasteiger partial charge in [0, 0.05) is 66.1 Å². The number of hydrogen-bond acceptors (Lipinski definition) is 3. The van der Waals surface area contributed by atoms with Gasteiger partial charge in [0.05, 0.1) is 17.1 Å². The van der Waals surface area contributed by atoms with Crippen LogP contribution in [0.1, 0.15) is 17.5 Å². The molecule has 1 unspecified atom stereocenters. The maximum Gasteiger partial charge on any atom is 0.143 e.